The van der Waals surface area contributed by atoms with Crippen LogP contribution in [-0.4, -0.2) is 43.1 Å². The molecule has 1 heterocycles. The van der Waals surface area contributed by atoms with Crippen LogP contribution in [0.25, 0.3) is 0 Å². The molecular formula is C9H20N2S. The van der Waals surface area contributed by atoms with Crippen molar-refractivity contribution in [3.63, 3.8) is 0 Å². The second-order valence-corrected chi connectivity index (χ2v) is 4.67. The van der Waals surface area contributed by atoms with Crippen molar-refractivity contribution in [1.82, 2.24) is 4.90 Å². The summed E-state index contributed by atoms with van der Waals surface area (Å²) < 4.78 is 0. The summed E-state index contributed by atoms with van der Waals surface area (Å²) in [6.07, 6.45) is 4.71. The number of hydrogen-bond donors (Lipinski definition) is 1. The van der Waals surface area contributed by atoms with E-state index in [4.69, 9.17) is 5.73 Å². The molecular weight excluding hydrogens is 168 g/mol. The van der Waals surface area contributed by atoms with E-state index in [0.29, 0.717) is 6.04 Å². The highest BCUT2D eigenvalue weighted by atomic mass is 32.2. The lowest BCUT2D eigenvalue weighted by Gasteiger charge is -2.32. The Morgan fingerprint density at radius 3 is 2.58 bits per heavy atom. The molecule has 1 aliphatic rings. The number of piperidine rings is 1. The van der Waals surface area contributed by atoms with Crippen LogP contribution in [0.2, 0.25) is 0 Å². The van der Waals surface area contributed by atoms with E-state index in [2.05, 4.69) is 18.2 Å². The fraction of sp³-hybridized carbons (Fsp3) is 1.00. The van der Waals surface area contributed by atoms with E-state index in [1.165, 1.54) is 25.9 Å². The van der Waals surface area contributed by atoms with Gasteiger partial charge >= 0.3 is 0 Å². The Bertz CT molecular complexity index is 122. The smallest absolute Gasteiger partial charge is 0.0159 e. The van der Waals surface area contributed by atoms with Gasteiger partial charge in [-0.3, -0.25) is 0 Å². The third-order valence-electron chi connectivity index (χ3n) is 2.73. The summed E-state index contributed by atoms with van der Waals surface area (Å²) in [7, 11) is 2.19. The molecule has 2 N–H and O–H groups in total. The standard InChI is InChI=1S/C9H20N2S/c1-11-5-3-8(4-6-11)9(10)7-12-2/h8-9H,3-7,10H2,1-2H3. The van der Waals surface area contributed by atoms with Gasteiger partial charge in [0.25, 0.3) is 0 Å². The lowest BCUT2D eigenvalue weighted by atomic mass is 9.91. The lowest BCUT2D eigenvalue weighted by Crippen LogP contribution is -2.40. The van der Waals surface area contributed by atoms with Crippen molar-refractivity contribution in [2.45, 2.75) is 18.9 Å². The van der Waals surface area contributed by atoms with Crippen LogP contribution in [0.5, 0.6) is 0 Å². The van der Waals surface area contributed by atoms with E-state index in [0.717, 1.165) is 11.7 Å². The Hall–Kier alpha value is 0.270. The second-order valence-electron chi connectivity index (χ2n) is 3.76. The molecule has 72 valence electrons. The maximum atomic E-state index is 6.07. The van der Waals surface area contributed by atoms with E-state index in [1.807, 2.05) is 11.8 Å². The normalized spacial score (nSPS) is 24.2. The first-order valence-electron chi connectivity index (χ1n) is 4.67. The molecule has 12 heavy (non-hydrogen) atoms. The number of thioether (sulfide) groups is 1. The quantitative estimate of drug-likeness (QED) is 0.717. The first kappa shape index (κ1) is 10.4. The molecule has 1 unspecified atom stereocenters. The van der Waals surface area contributed by atoms with Crippen LogP contribution >= 0.6 is 11.8 Å². The zero-order chi connectivity index (χ0) is 8.97. The monoisotopic (exact) mass is 188 g/mol. The largest absolute Gasteiger partial charge is 0.327 e. The summed E-state index contributed by atoms with van der Waals surface area (Å²) in [6, 6.07) is 0.425. The van der Waals surface area contributed by atoms with Gasteiger partial charge in [-0.25, -0.2) is 0 Å². The Labute approximate surface area is 79.9 Å². The van der Waals surface area contributed by atoms with Crippen LogP contribution in [-0.2, 0) is 0 Å². The van der Waals surface area contributed by atoms with Crippen molar-refractivity contribution < 1.29 is 0 Å². The first-order valence-corrected chi connectivity index (χ1v) is 6.06. The molecule has 1 atom stereocenters. The Morgan fingerprint density at radius 2 is 2.08 bits per heavy atom. The average molecular weight is 188 g/mol. The van der Waals surface area contributed by atoms with Gasteiger partial charge in [0.05, 0.1) is 0 Å². The number of rotatable bonds is 3. The molecule has 1 aliphatic heterocycles. The summed E-state index contributed by atoms with van der Waals surface area (Å²) in [5.41, 5.74) is 6.07. The summed E-state index contributed by atoms with van der Waals surface area (Å²) >= 11 is 1.87. The molecule has 0 aromatic heterocycles. The van der Waals surface area contributed by atoms with Crippen LogP contribution < -0.4 is 5.73 Å². The zero-order valence-electron chi connectivity index (χ0n) is 8.12. The maximum Gasteiger partial charge on any atom is 0.0159 e. The minimum Gasteiger partial charge on any atom is -0.327 e. The van der Waals surface area contributed by atoms with Gasteiger partial charge in [-0.15, -0.1) is 0 Å². The molecule has 0 aliphatic carbocycles. The molecule has 1 saturated heterocycles. The predicted molar refractivity (Wildman–Crippen MR) is 56.6 cm³/mol. The van der Waals surface area contributed by atoms with Crippen LogP contribution in [0.4, 0.5) is 0 Å². The van der Waals surface area contributed by atoms with Crippen molar-refractivity contribution in [1.29, 1.82) is 0 Å². The molecule has 0 saturated carbocycles. The van der Waals surface area contributed by atoms with Gasteiger partial charge in [0.1, 0.15) is 0 Å². The highest BCUT2D eigenvalue weighted by molar-refractivity contribution is 7.98. The molecule has 0 spiro atoms. The molecule has 3 heteroatoms. The van der Waals surface area contributed by atoms with E-state index >= 15 is 0 Å². The van der Waals surface area contributed by atoms with Gasteiger partial charge in [0, 0.05) is 11.8 Å². The Kier molecular flexibility index (Phi) is 4.40. The van der Waals surface area contributed by atoms with Crippen LogP contribution in [0, 0.1) is 5.92 Å². The van der Waals surface area contributed by atoms with Gasteiger partial charge in [-0.1, -0.05) is 0 Å². The molecule has 2 nitrogen and oxygen atoms in total. The number of nitrogens with zero attached hydrogens (tertiary/aromatic N) is 1. The third kappa shape index (κ3) is 2.96. The van der Waals surface area contributed by atoms with Crippen molar-refractivity contribution in [3.05, 3.63) is 0 Å². The minimum absolute atomic E-state index is 0.425. The summed E-state index contributed by atoms with van der Waals surface area (Å²) in [6.45, 7) is 2.46. The van der Waals surface area contributed by atoms with Crippen LogP contribution in [0.1, 0.15) is 12.8 Å². The average Bonchev–Trinajstić information content (AvgIpc) is 2.06. The molecule has 0 radical (unpaired) electrons. The van der Waals surface area contributed by atoms with Gasteiger partial charge in [-0.05, 0) is 45.2 Å². The number of likely N-dealkylation sites (tertiary alicyclic amines) is 1. The second kappa shape index (κ2) is 5.10. The number of hydrogen-bond acceptors (Lipinski definition) is 3. The summed E-state index contributed by atoms with van der Waals surface area (Å²) in [5.74, 6) is 1.89. The first-order chi connectivity index (χ1) is 5.74. The highest BCUT2D eigenvalue weighted by Gasteiger charge is 2.21. The molecule has 0 amide bonds. The molecule has 0 aromatic carbocycles. The molecule has 0 aromatic rings. The van der Waals surface area contributed by atoms with Crippen molar-refractivity contribution >= 4 is 11.8 Å². The van der Waals surface area contributed by atoms with Crippen LogP contribution in [0.15, 0.2) is 0 Å². The topological polar surface area (TPSA) is 29.3 Å². The minimum atomic E-state index is 0.425. The van der Waals surface area contributed by atoms with Crippen molar-refractivity contribution in [2.75, 3.05) is 32.1 Å². The van der Waals surface area contributed by atoms with E-state index < -0.39 is 0 Å². The van der Waals surface area contributed by atoms with E-state index in [9.17, 15) is 0 Å². The SMILES string of the molecule is CSCC(N)C1CCN(C)CC1. The number of nitrogens with two attached hydrogens (primary N) is 1. The fourth-order valence-electron chi connectivity index (χ4n) is 1.79. The Balaban J connectivity index is 2.24. The van der Waals surface area contributed by atoms with Gasteiger partial charge in [0.2, 0.25) is 0 Å². The summed E-state index contributed by atoms with van der Waals surface area (Å²) in [5, 5.41) is 0. The highest BCUT2D eigenvalue weighted by Crippen LogP contribution is 2.20. The van der Waals surface area contributed by atoms with Crippen molar-refractivity contribution in [2.24, 2.45) is 11.7 Å². The Morgan fingerprint density at radius 1 is 1.50 bits per heavy atom. The fourth-order valence-corrected chi connectivity index (χ4v) is 2.44. The molecule has 1 fully saturated rings. The van der Waals surface area contributed by atoms with E-state index in [-0.39, 0.29) is 0 Å². The van der Waals surface area contributed by atoms with Crippen molar-refractivity contribution in [3.8, 4) is 0 Å². The summed E-state index contributed by atoms with van der Waals surface area (Å²) in [4.78, 5) is 2.39. The lowest BCUT2D eigenvalue weighted by molar-refractivity contribution is 0.204. The third-order valence-corrected chi connectivity index (χ3v) is 3.45. The van der Waals surface area contributed by atoms with Crippen LogP contribution in [0.3, 0.4) is 0 Å². The van der Waals surface area contributed by atoms with Gasteiger partial charge in [-0.2, -0.15) is 11.8 Å². The molecule has 1 rings (SSSR count). The predicted octanol–water partition coefficient (Wildman–Crippen LogP) is 1.02. The zero-order valence-corrected chi connectivity index (χ0v) is 8.94. The van der Waals surface area contributed by atoms with Gasteiger partial charge < -0.3 is 10.6 Å². The van der Waals surface area contributed by atoms with E-state index in [1.54, 1.807) is 0 Å². The maximum absolute atomic E-state index is 6.07. The van der Waals surface area contributed by atoms with Gasteiger partial charge in [0.15, 0.2) is 0 Å². The molecule has 0 bridgehead atoms.